The van der Waals surface area contributed by atoms with Gasteiger partial charge < -0.3 is 16.0 Å². The lowest BCUT2D eigenvalue weighted by molar-refractivity contribution is -0.128. The van der Waals surface area contributed by atoms with Gasteiger partial charge in [0.15, 0.2) is 0 Å². The summed E-state index contributed by atoms with van der Waals surface area (Å²) in [6.07, 6.45) is 7.94. The van der Waals surface area contributed by atoms with E-state index >= 15 is 0 Å². The number of carbonyl (C=O) groups excluding carboxylic acids is 2. The van der Waals surface area contributed by atoms with Crippen molar-refractivity contribution < 1.29 is 9.59 Å². The highest BCUT2D eigenvalue weighted by Crippen LogP contribution is 2.52. The van der Waals surface area contributed by atoms with Crippen LogP contribution in [0.2, 0.25) is 0 Å². The van der Waals surface area contributed by atoms with Gasteiger partial charge in [-0.2, -0.15) is 0 Å². The van der Waals surface area contributed by atoms with Crippen molar-refractivity contribution in [3.8, 4) is 0 Å². The first-order valence-electron chi connectivity index (χ1n) is 10.6. The van der Waals surface area contributed by atoms with Crippen molar-refractivity contribution in [3.63, 3.8) is 0 Å². The van der Waals surface area contributed by atoms with Crippen molar-refractivity contribution in [2.24, 2.45) is 11.7 Å². The molecular formula is C23H33N3O2. The Balaban J connectivity index is 1.68. The highest BCUT2D eigenvalue weighted by atomic mass is 16.2. The molecule has 1 fully saturated rings. The highest BCUT2D eigenvalue weighted by Gasteiger charge is 2.45. The van der Waals surface area contributed by atoms with Crippen LogP contribution in [0.25, 0.3) is 0 Å². The molecule has 0 saturated carbocycles. The van der Waals surface area contributed by atoms with E-state index in [1.165, 1.54) is 11.1 Å². The van der Waals surface area contributed by atoms with Gasteiger partial charge in [0.05, 0.1) is 18.1 Å². The van der Waals surface area contributed by atoms with E-state index in [-0.39, 0.29) is 29.9 Å². The Morgan fingerprint density at radius 3 is 2.32 bits per heavy atom. The van der Waals surface area contributed by atoms with Crippen LogP contribution in [0.4, 0.5) is 0 Å². The van der Waals surface area contributed by atoms with E-state index in [9.17, 15) is 9.59 Å². The fourth-order valence-electron chi connectivity index (χ4n) is 4.34. The molecular weight excluding hydrogens is 350 g/mol. The zero-order chi connectivity index (χ0) is 20.3. The molecule has 2 heterocycles. The monoisotopic (exact) mass is 383 g/mol. The highest BCUT2D eigenvalue weighted by molar-refractivity contribution is 5.89. The van der Waals surface area contributed by atoms with Crippen molar-refractivity contribution in [2.75, 3.05) is 0 Å². The van der Waals surface area contributed by atoms with Crippen LogP contribution in [0.15, 0.2) is 36.4 Å². The van der Waals surface area contributed by atoms with Crippen molar-refractivity contribution >= 4 is 11.8 Å². The van der Waals surface area contributed by atoms with Gasteiger partial charge >= 0.3 is 0 Å². The van der Waals surface area contributed by atoms with Crippen LogP contribution in [0, 0.1) is 5.92 Å². The number of fused-ring (bicyclic) bond motifs is 5. The predicted octanol–water partition coefficient (Wildman–Crippen LogP) is 3.62. The minimum absolute atomic E-state index is 0.0345. The van der Waals surface area contributed by atoms with Crippen molar-refractivity contribution in [1.82, 2.24) is 10.2 Å². The molecule has 1 saturated heterocycles. The molecule has 5 nitrogen and oxygen atoms in total. The van der Waals surface area contributed by atoms with Gasteiger partial charge in [-0.25, -0.2) is 0 Å². The maximum absolute atomic E-state index is 13.0. The number of rotatable bonds is 8. The van der Waals surface area contributed by atoms with Gasteiger partial charge in [0.2, 0.25) is 11.8 Å². The van der Waals surface area contributed by atoms with Crippen LogP contribution in [0.3, 0.4) is 0 Å². The molecule has 0 radical (unpaired) electrons. The van der Waals surface area contributed by atoms with Gasteiger partial charge in [-0.1, -0.05) is 51.1 Å². The number of hydrogen-bond donors (Lipinski definition) is 2. The van der Waals surface area contributed by atoms with Crippen LogP contribution < -0.4 is 11.1 Å². The average Bonchev–Trinajstić information content (AvgIpc) is 3.26. The molecule has 4 atom stereocenters. The summed E-state index contributed by atoms with van der Waals surface area (Å²) in [6.45, 7) is 6.21. The van der Waals surface area contributed by atoms with E-state index in [1.807, 2.05) is 30.0 Å². The maximum atomic E-state index is 13.0. The molecule has 1 aromatic carbocycles. The third-order valence-corrected chi connectivity index (χ3v) is 5.98. The molecule has 28 heavy (non-hydrogen) atoms. The van der Waals surface area contributed by atoms with E-state index in [1.54, 1.807) is 6.08 Å². The molecule has 152 valence electrons. The first-order chi connectivity index (χ1) is 13.4. The molecule has 3 rings (SSSR count). The van der Waals surface area contributed by atoms with E-state index < -0.39 is 6.04 Å². The third kappa shape index (κ3) is 4.30. The van der Waals surface area contributed by atoms with Crippen LogP contribution in [-0.4, -0.2) is 28.8 Å². The lowest BCUT2D eigenvalue weighted by Gasteiger charge is -2.22. The predicted molar refractivity (Wildman–Crippen MR) is 111 cm³/mol. The lowest BCUT2D eigenvalue weighted by Crippen LogP contribution is -2.44. The van der Waals surface area contributed by atoms with Gasteiger partial charge in [0, 0.05) is 12.1 Å². The largest absolute Gasteiger partial charge is 0.349 e. The normalized spacial score (nSPS) is 22.5. The van der Waals surface area contributed by atoms with Crippen molar-refractivity contribution in [2.45, 2.75) is 77.0 Å². The molecule has 0 spiro atoms. The number of carbonyl (C=O) groups is 2. The number of nitrogens with one attached hydrogen (secondary N) is 1. The Morgan fingerprint density at radius 1 is 1.18 bits per heavy atom. The molecule has 1 aromatic rings. The Kier molecular flexibility index (Phi) is 6.55. The Bertz CT molecular complexity index is 712. The van der Waals surface area contributed by atoms with Crippen LogP contribution in [0.1, 0.15) is 76.1 Å². The minimum atomic E-state index is -0.505. The third-order valence-electron chi connectivity index (χ3n) is 5.98. The topological polar surface area (TPSA) is 75.4 Å². The summed E-state index contributed by atoms with van der Waals surface area (Å²) < 4.78 is 0. The van der Waals surface area contributed by atoms with Gasteiger partial charge in [0.1, 0.15) is 0 Å². The van der Waals surface area contributed by atoms with Crippen molar-refractivity contribution in [1.29, 1.82) is 0 Å². The van der Waals surface area contributed by atoms with E-state index in [2.05, 4.69) is 31.3 Å². The summed E-state index contributed by atoms with van der Waals surface area (Å²) in [4.78, 5) is 27.2. The molecule has 2 bridgehead atoms. The van der Waals surface area contributed by atoms with Crippen molar-refractivity contribution in [3.05, 3.63) is 47.5 Å². The first-order valence-corrected chi connectivity index (χ1v) is 10.6. The molecule has 0 aromatic heterocycles. The van der Waals surface area contributed by atoms with Gasteiger partial charge in [0.25, 0.3) is 0 Å². The van der Waals surface area contributed by atoms with E-state index in [0.29, 0.717) is 12.3 Å². The lowest BCUT2D eigenvalue weighted by atomic mass is 9.92. The molecule has 2 aliphatic rings. The Labute approximate surface area is 168 Å². The number of hydrogen-bond acceptors (Lipinski definition) is 3. The van der Waals surface area contributed by atoms with Gasteiger partial charge in [-0.15, -0.1) is 0 Å². The number of amides is 2. The van der Waals surface area contributed by atoms with Crippen LogP contribution in [0.5, 0.6) is 0 Å². The standard InChI is InChI=1S/C23H33N3O2/c1-4-19(24)23(28)25-16(10-9-15(2)3)11-14-22(27)26-20-12-13-21(26)18-8-6-5-7-17(18)20/h5-8,11,14-16,19-21H,4,9-10,12-13,24H2,1-3H3,(H,25,28). The number of benzene rings is 1. The molecule has 5 heteroatoms. The Hall–Kier alpha value is -2.14. The molecule has 4 unspecified atom stereocenters. The number of nitrogens with zero attached hydrogens (tertiary/aromatic N) is 1. The maximum Gasteiger partial charge on any atom is 0.247 e. The SMILES string of the molecule is CCC(N)C(=O)NC(C=CC(=O)N1C2CCC1c1ccccc12)CCC(C)C. The zero-order valence-electron chi connectivity index (χ0n) is 17.2. The summed E-state index contributed by atoms with van der Waals surface area (Å²) >= 11 is 0. The average molecular weight is 384 g/mol. The summed E-state index contributed by atoms with van der Waals surface area (Å²) in [7, 11) is 0. The number of nitrogens with two attached hydrogens (primary N) is 1. The first kappa shape index (κ1) is 20.6. The van der Waals surface area contributed by atoms with Gasteiger partial charge in [-0.3, -0.25) is 9.59 Å². The summed E-state index contributed by atoms with van der Waals surface area (Å²) in [5.41, 5.74) is 8.44. The molecule has 2 aliphatic heterocycles. The molecule has 0 aliphatic carbocycles. The van der Waals surface area contributed by atoms with Crippen LogP contribution in [-0.2, 0) is 9.59 Å². The zero-order valence-corrected chi connectivity index (χ0v) is 17.2. The Morgan fingerprint density at radius 2 is 1.79 bits per heavy atom. The second-order valence-electron chi connectivity index (χ2n) is 8.44. The van der Waals surface area contributed by atoms with E-state index in [0.717, 1.165) is 25.7 Å². The quantitative estimate of drug-likeness (QED) is 0.673. The molecule has 3 N–H and O–H groups in total. The smallest absolute Gasteiger partial charge is 0.247 e. The van der Waals surface area contributed by atoms with E-state index in [4.69, 9.17) is 5.73 Å². The second-order valence-corrected chi connectivity index (χ2v) is 8.44. The minimum Gasteiger partial charge on any atom is -0.349 e. The van der Waals surface area contributed by atoms with Crippen LogP contribution >= 0.6 is 0 Å². The fourth-order valence-corrected chi connectivity index (χ4v) is 4.34. The molecule has 2 amide bonds. The summed E-state index contributed by atoms with van der Waals surface area (Å²) in [5.74, 6) is 0.418. The second kappa shape index (κ2) is 8.91. The summed E-state index contributed by atoms with van der Waals surface area (Å²) in [6, 6.07) is 8.08. The van der Waals surface area contributed by atoms with Gasteiger partial charge in [-0.05, 0) is 49.1 Å². The summed E-state index contributed by atoms with van der Waals surface area (Å²) in [5, 5.41) is 3.00. The fraction of sp³-hybridized carbons (Fsp3) is 0.565.